The van der Waals surface area contributed by atoms with E-state index in [1.54, 1.807) is 50.2 Å². The van der Waals surface area contributed by atoms with Gasteiger partial charge < -0.3 is 19.1 Å². The van der Waals surface area contributed by atoms with Crippen molar-refractivity contribution in [1.29, 1.82) is 0 Å². The van der Waals surface area contributed by atoms with Crippen LogP contribution in [0.4, 0.5) is 4.39 Å². The van der Waals surface area contributed by atoms with E-state index >= 15 is 0 Å². The molecule has 1 aromatic carbocycles. The van der Waals surface area contributed by atoms with Gasteiger partial charge in [0, 0.05) is 12.6 Å². The molecule has 0 spiro atoms. The van der Waals surface area contributed by atoms with Crippen LogP contribution in [-0.4, -0.2) is 43.0 Å². The van der Waals surface area contributed by atoms with Crippen LogP contribution in [-0.2, 0) is 22.7 Å². The molecule has 1 saturated carbocycles. The Hall–Kier alpha value is -4.28. The van der Waals surface area contributed by atoms with E-state index < -0.39 is 17.8 Å². The first-order chi connectivity index (χ1) is 18.4. The molecular formula is C27H29FN6O4. The number of carbonyl (C=O) groups is 2. The fraction of sp³-hybridized carbons (Fsp3) is 0.370. The smallest absolute Gasteiger partial charge is 0.250 e. The number of nitrogens with zero attached hydrogens (tertiary/aromatic N) is 5. The Morgan fingerprint density at radius 3 is 2.42 bits per heavy atom. The van der Waals surface area contributed by atoms with E-state index in [1.165, 1.54) is 17.0 Å². The second-order valence-corrected chi connectivity index (χ2v) is 9.54. The third-order valence-electron chi connectivity index (χ3n) is 6.57. The summed E-state index contributed by atoms with van der Waals surface area (Å²) >= 11 is 0. The van der Waals surface area contributed by atoms with E-state index in [-0.39, 0.29) is 30.9 Å². The molecule has 1 aliphatic carbocycles. The predicted molar refractivity (Wildman–Crippen MR) is 134 cm³/mol. The molecule has 0 aliphatic heterocycles. The van der Waals surface area contributed by atoms with Gasteiger partial charge >= 0.3 is 0 Å². The molecule has 38 heavy (non-hydrogen) atoms. The highest BCUT2D eigenvalue weighted by atomic mass is 19.1. The first-order valence-corrected chi connectivity index (χ1v) is 12.6. The lowest BCUT2D eigenvalue weighted by molar-refractivity contribution is -0.143. The van der Waals surface area contributed by atoms with Crippen molar-refractivity contribution in [2.75, 3.05) is 0 Å². The van der Waals surface area contributed by atoms with E-state index in [9.17, 15) is 14.0 Å². The minimum atomic E-state index is -1.04. The van der Waals surface area contributed by atoms with Crippen LogP contribution in [0.1, 0.15) is 54.6 Å². The van der Waals surface area contributed by atoms with E-state index in [1.807, 2.05) is 0 Å². The van der Waals surface area contributed by atoms with Gasteiger partial charge in [0.25, 0.3) is 5.91 Å². The van der Waals surface area contributed by atoms with Crippen LogP contribution in [0.3, 0.4) is 0 Å². The Bertz CT molecular complexity index is 1400. The van der Waals surface area contributed by atoms with Crippen LogP contribution in [0.25, 0.3) is 11.6 Å². The van der Waals surface area contributed by atoms with Crippen molar-refractivity contribution in [2.24, 2.45) is 0 Å². The Labute approximate surface area is 218 Å². The zero-order valence-electron chi connectivity index (χ0n) is 21.3. The molecule has 0 radical (unpaired) electrons. The van der Waals surface area contributed by atoms with Crippen molar-refractivity contribution in [3.63, 3.8) is 0 Å². The Morgan fingerprint density at radius 2 is 1.76 bits per heavy atom. The number of amides is 2. The fourth-order valence-electron chi connectivity index (χ4n) is 4.66. The van der Waals surface area contributed by atoms with Crippen molar-refractivity contribution in [3.05, 3.63) is 77.2 Å². The van der Waals surface area contributed by atoms with Crippen LogP contribution >= 0.6 is 0 Å². The summed E-state index contributed by atoms with van der Waals surface area (Å²) in [6.07, 6.45) is 3.87. The van der Waals surface area contributed by atoms with Crippen molar-refractivity contribution in [1.82, 2.24) is 30.4 Å². The summed E-state index contributed by atoms with van der Waals surface area (Å²) in [7, 11) is 0. The summed E-state index contributed by atoms with van der Waals surface area (Å²) in [6, 6.07) is 11.8. The quantitative estimate of drug-likeness (QED) is 0.353. The molecule has 1 fully saturated rings. The molecule has 0 unspecified atom stereocenters. The van der Waals surface area contributed by atoms with Gasteiger partial charge in [0.15, 0.2) is 11.8 Å². The van der Waals surface area contributed by atoms with Gasteiger partial charge in [-0.05, 0) is 73.9 Å². The van der Waals surface area contributed by atoms with Gasteiger partial charge in [-0.15, -0.1) is 10.2 Å². The number of rotatable bonds is 9. The number of carbonyl (C=O) groups excluding carboxylic acids is 2. The second-order valence-electron chi connectivity index (χ2n) is 9.54. The van der Waals surface area contributed by atoms with Crippen molar-refractivity contribution < 1.29 is 22.8 Å². The summed E-state index contributed by atoms with van der Waals surface area (Å²) in [5, 5.41) is 15.4. The standard InChI is InChI=1S/C27H29FN6O4/c1-17-7-13-22(37-17)25(27(36)29-21-5-3-4-6-21)33(15-19-9-11-20(28)12-10-19)24(35)16-34-31-26(30-32-34)23-14-8-18(2)38-23/h7-14,21,25H,3-6,15-16H2,1-2H3,(H,29,36)/t25-/m0/s1. The van der Waals surface area contributed by atoms with Gasteiger partial charge in [0.2, 0.25) is 11.7 Å². The number of aromatic nitrogens is 4. The normalized spacial score (nSPS) is 14.5. The van der Waals surface area contributed by atoms with E-state index in [0.717, 1.165) is 30.5 Å². The number of tetrazole rings is 1. The third kappa shape index (κ3) is 5.82. The topological polar surface area (TPSA) is 119 Å². The van der Waals surface area contributed by atoms with Gasteiger partial charge in [0.1, 0.15) is 29.6 Å². The van der Waals surface area contributed by atoms with Crippen LogP contribution in [0.2, 0.25) is 0 Å². The number of hydrogen-bond donors (Lipinski definition) is 1. The van der Waals surface area contributed by atoms with Gasteiger partial charge in [-0.3, -0.25) is 9.59 Å². The molecule has 0 bridgehead atoms. The van der Waals surface area contributed by atoms with Crippen LogP contribution < -0.4 is 5.32 Å². The molecule has 11 heteroatoms. The number of halogens is 1. The molecule has 2 amide bonds. The maximum absolute atomic E-state index is 13.8. The largest absolute Gasteiger partial charge is 0.464 e. The highest BCUT2D eigenvalue weighted by Gasteiger charge is 2.36. The summed E-state index contributed by atoms with van der Waals surface area (Å²) in [6.45, 7) is 3.35. The first-order valence-electron chi connectivity index (χ1n) is 12.6. The number of benzene rings is 1. The maximum atomic E-state index is 13.8. The molecule has 0 saturated heterocycles. The molecule has 5 rings (SSSR count). The summed E-state index contributed by atoms with van der Waals surface area (Å²) in [5.74, 6) is 1.17. The van der Waals surface area contributed by atoms with Crippen molar-refractivity contribution in [2.45, 2.75) is 64.7 Å². The first kappa shape index (κ1) is 25.4. The van der Waals surface area contributed by atoms with E-state index in [2.05, 4.69) is 20.7 Å². The lowest BCUT2D eigenvalue weighted by Gasteiger charge is -2.30. The molecule has 4 aromatic rings. The molecule has 10 nitrogen and oxygen atoms in total. The number of furan rings is 2. The van der Waals surface area contributed by atoms with Crippen LogP contribution in [0.5, 0.6) is 0 Å². The van der Waals surface area contributed by atoms with Crippen molar-refractivity contribution >= 4 is 11.8 Å². The van der Waals surface area contributed by atoms with E-state index in [4.69, 9.17) is 8.83 Å². The van der Waals surface area contributed by atoms with Crippen LogP contribution in [0, 0.1) is 19.7 Å². The Balaban J connectivity index is 1.45. The van der Waals surface area contributed by atoms with Crippen LogP contribution in [0.15, 0.2) is 57.4 Å². The fourth-order valence-corrected chi connectivity index (χ4v) is 4.66. The SMILES string of the molecule is Cc1ccc(-c2nnn(CC(=O)N(Cc3ccc(F)cc3)[C@H](C(=O)NC3CCCC3)c3ccc(C)o3)n2)o1. The maximum Gasteiger partial charge on any atom is 0.250 e. The molecular weight excluding hydrogens is 491 g/mol. The Morgan fingerprint density at radius 1 is 1.05 bits per heavy atom. The minimum Gasteiger partial charge on any atom is -0.464 e. The number of hydrogen-bond acceptors (Lipinski definition) is 7. The predicted octanol–water partition coefficient (Wildman–Crippen LogP) is 4.11. The lowest BCUT2D eigenvalue weighted by atomic mass is 10.1. The molecule has 198 valence electrons. The zero-order valence-corrected chi connectivity index (χ0v) is 21.3. The van der Waals surface area contributed by atoms with Gasteiger partial charge in [-0.2, -0.15) is 4.80 Å². The number of nitrogens with one attached hydrogen (secondary N) is 1. The molecule has 3 heterocycles. The Kier molecular flexibility index (Phi) is 7.34. The molecule has 1 atom stereocenters. The summed E-state index contributed by atoms with van der Waals surface area (Å²) in [4.78, 5) is 30.0. The highest BCUT2D eigenvalue weighted by molar-refractivity contribution is 5.88. The second kappa shape index (κ2) is 11.0. The average molecular weight is 521 g/mol. The average Bonchev–Trinajstić information content (AvgIpc) is 3.69. The summed E-state index contributed by atoms with van der Waals surface area (Å²) < 4.78 is 25.0. The number of aryl methyl sites for hydroxylation is 2. The van der Waals surface area contributed by atoms with Gasteiger partial charge in [-0.1, -0.05) is 25.0 Å². The zero-order chi connectivity index (χ0) is 26.6. The minimum absolute atomic E-state index is 0.0418. The van der Waals surface area contributed by atoms with Gasteiger partial charge in [0.05, 0.1) is 0 Å². The molecule has 1 aliphatic rings. The third-order valence-corrected chi connectivity index (χ3v) is 6.57. The molecule has 1 N–H and O–H groups in total. The monoisotopic (exact) mass is 520 g/mol. The molecule has 3 aromatic heterocycles. The van der Waals surface area contributed by atoms with Gasteiger partial charge in [-0.25, -0.2) is 4.39 Å². The van der Waals surface area contributed by atoms with Crippen molar-refractivity contribution in [3.8, 4) is 11.6 Å². The lowest BCUT2D eigenvalue weighted by Crippen LogP contribution is -2.46. The highest BCUT2D eigenvalue weighted by Crippen LogP contribution is 2.28. The van der Waals surface area contributed by atoms with E-state index in [0.29, 0.717) is 28.6 Å². The summed E-state index contributed by atoms with van der Waals surface area (Å²) in [5.41, 5.74) is 0.653.